The van der Waals surface area contributed by atoms with Gasteiger partial charge in [-0.15, -0.1) is 0 Å². The van der Waals surface area contributed by atoms with Crippen molar-refractivity contribution < 1.29 is 14.3 Å². The van der Waals surface area contributed by atoms with Gasteiger partial charge in [0.1, 0.15) is 5.75 Å². The van der Waals surface area contributed by atoms with Crippen molar-refractivity contribution >= 4 is 17.5 Å². The lowest BCUT2D eigenvalue weighted by Gasteiger charge is -2.17. The topological polar surface area (TPSA) is 72.6 Å². The van der Waals surface area contributed by atoms with Gasteiger partial charge >= 0.3 is 0 Å². The van der Waals surface area contributed by atoms with E-state index in [9.17, 15) is 9.59 Å². The molecule has 112 valence electrons. The largest absolute Gasteiger partial charge is 0.484 e. The van der Waals surface area contributed by atoms with Crippen molar-refractivity contribution in [2.45, 2.75) is 6.42 Å². The van der Waals surface area contributed by atoms with Crippen LogP contribution in [-0.4, -0.2) is 25.0 Å². The van der Waals surface area contributed by atoms with Crippen molar-refractivity contribution in [3.8, 4) is 5.75 Å². The minimum Gasteiger partial charge on any atom is -0.484 e. The summed E-state index contributed by atoms with van der Waals surface area (Å²) >= 11 is 0. The number of nitrogens with zero attached hydrogens (tertiary/aromatic N) is 1. The molecule has 5 nitrogen and oxygen atoms in total. The Hall–Kier alpha value is -2.82. The number of carbonyl (C=O) groups is 2. The Balaban J connectivity index is 1.81. The molecule has 22 heavy (non-hydrogen) atoms. The van der Waals surface area contributed by atoms with Crippen LogP contribution in [-0.2, 0) is 11.2 Å². The van der Waals surface area contributed by atoms with E-state index in [1.807, 2.05) is 24.3 Å². The highest BCUT2D eigenvalue weighted by Crippen LogP contribution is 2.29. The summed E-state index contributed by atoms with van der Waals surface area (Å²) in [5, 5.41) is 0. The number of nitrogens with two attached hydrogens (primary N) is 1. The Morgan fingerprint density at radius 1 is 1.14 bits per heavy atom. The van der Waals surface area contributed by atoms with E-state index in [1.54, 1.807) is 29.2 Å². The molecule has 1 aliphatic heterocycles. The molecule has 2 aromatic rings. The molecule has 3 rings (SSSR count). The number of anilines is 1. The van der Waals surface area contributed by atoms with Crippen LogP contribution >= 0.6 is 0 Å². The van der Waals surface area contributed by atoms with Gasteiger partial charge in [-0.2, -0.15) is 0 Å². The molecule has 0 bridgehead atoms. The van der Waals surface area contributed by atoms with Gasteiger partial charge in [-0.25, -0.2) is 0 Å². The third-order valence-electron chi connectivity index (χ3n) is 3.59. The highest BCUT2D eigenvalue weighted by molar-refractivity contribution is 6.07. The summed E-state index contributed by atoms with van der Waals surface area (Å²) in [6, 6.07) is 14.7. The lowest BCUT2D eigenvalue weighted by molar-refractivity contribution is -0.119. The Kier molecular flexibility index (Phi) is 3.78. The number of carbonyl (C=O) groups excluding carboxylic acids is 2. The number of hydrogen-bond acceptors (Lipinski definition) is 3. The van der Waals surface area contributed by atoms with Gasteiger partial charge < -0.3 is 15.4 Å². The average Bonchev–Trinajstić information content (AvgIpc) is 2.96. The summed E-state index contributed by atoms with van der Waals surface area (Å²) in [5.41, 5.74) is 7.71. The van der Waals surface area contributed by atoms with Crippen molar-refractivity contribution in [1.29, 1.82) is 0 Å². The highest BCUT2D eigenvalue weighted by Gasteiger charge is 2.25. The smallest absolute Gasteiger partial charge is 0.258 e. The quantitative estimate of drug-likeness (QED) is 0.934. The number of ether oxygens (including phenoxy) is 1. The van der Waals surface area contributed by atoms with E-state index >= 15 is 0 Å². The molecule has 1 heterocycles. The predicted octanol–water partition coefficient (Wildman–Crippen LogP) is 1.75. The first-order valence-electron chi connectivity index (χ1n) is 7.06. The van der Waals surface area contributed by atoms with Crippen LogP contribution in [0.1, 0.15) is 15.9 Å². The Morgan fingerprint density at radius 2 is 1.95 bits per heavy atom. The van der Waals surface area contributed by atoms with Crippen LogP contribution in [0.3, 0.4) is 0 Å². The lowest BCUT2D eigenvalue weighted by atomic mass is 10.1. The number of fused-ring (bicyclic) bond motifs is 1. The third kappa shape index (κ3) is 2.79. The van der Waals surface area contributed by atoms with Gasteiger partial charge in [0.2, 0.25) is 0 Å². The van der Waals surface area contributed by atoms with Gasteiger partial charge in [0.25, 0.3) is 11.8 Å². The monoisotopic (exact) mass is 296 g/mol. The zero-order valence-electron chi connectivity index (χ0n) is 12.0. The maximum absolute atomic E-state index is 12.7. The summed E-state index contributed by atoms with van der Waals surface area (Å²) in [6.07, 6.45) is 0.861. The summed E-state index contributed by atoms with van der Waals surface area (Å²) in [5.74, 6) is -0.170. The van der Waals surface area contributed by atoms with Crippen LogP contribution in [0.25, 0.3) is 0 Å². The minimum absolute atomic E-state index is 0.0746. The van der Waals surface area contributed by atoms with Gasteiger partial charge in [0.15, 0.2) is 6.61 Å². The van der Waals surface area contributed by atoms with Crippen molar-refractivity contribution in [3.05, 3.63) is 59.7 Å². The molecule has 1 aliphatic rings. The fourth-order valence-electron chi connectivity index (χ4n) is 2.58. The normalized spacial score (nSPS) is 12.8. The van der Waals surface area contributed by atoms with Crippen molar-refractivity contribution in [3.63, 3.8) is 0 Å². The first kappa shape index (κ1) is 14.1. The number of benzene rings is 2. The highest BCUT2D eigenvalue weighted by atomic mass is 16.5. The summed E-state index contributed by atoms with van der Waals surface area (Å²) in [4.78, 5) is 25.2. The predicted molar refractivity (Wildman–Crippen MR) is 83.0 cm³/mol. The molecular weight excluding hydrogens is 280 g/mol. The maximum atomic E-state index is 12.7. The fourth-order valence-corrected chi connectivity index (χ4v) is 2.58. The summed E-state index contributed by atoms with van der Waals surface area (Å²) in [7, 11) is 0. The average molecular weight is 296 g/mol. The molecule has 5 heteroatoms. The molecule has 0 atom stereocenters. The minimum atomic E-state index is -0.551. The van der Waals surface area contributed by atoms with E-state index < -0.39 is 5.91 Å². The zero-order valence-corrected chi connectivity index (χ0v) is 12.0. The first-order valence-corrected chi connectivity index (χ1v) is 7.06. The van der Waals surface area contributed by atoms with Crippen LogP contribution in [0.5, 0.6) is 5.75 Å². The second kappa shape index (κ2) is 5.89. The Bertz CT molecular complexity index is 727. The van der Waals surface area contributed by atoms with E-state index in [4.69, 9.17) is 10.5 Å². The van der Waals surface area contributed by atoms with Gasteiger partial charge in [-0.05, 0) is 36.2 Å². The lowest BCUT2D eigenvalue weighted by Crippen LogP contribution is -2.28. The molecule has 0 aliphatic carbocycles. The van der Waals surface area contributed by atoms with Gasteiger partial charge in [0, 0.05) is 17.8 Å². The molecule has 0 saturated heterocycles. The molecular formula is C17H16N2O3. The van der Waals surface area contributed by atoms with Crippen LogP contribution in [0.15, 0.2) is 48.5 Å². The van der Waals surface area contributed by atoms with Gasteiger partial charge in [-0.1, -0.05) is 24.3 Å². The van der Waals surface area contributed by atoms with Crippen LogP contribution < -0.4 is 15.4 Å². The number of para-hydroxylation sites is 1. The van der Waals surface area contributed by atoms with E-state index in [0.717, 1.165) is 12.1 Å². The Morgan fingerprint density at radius 3 is 2.77 bits per heavy atom. The first-order chi connectivity index (χ1) is 10.6. The standard InChI is InChI=1S/C17H16N2O3/c18-16(20)11-22-14-6-3-5-13(10-14)17(21)19-9-8-12-4-1-2-7-15(12)19/h1-7,10H,8-9,11H2,(H2,18,20). The molecule has 0 aromatic heterocycles. The van der Waals surface area contributed by atoms with Gasteiger partial charge in [-0.3, -0.25) is 9.59 Å². The van der Waals surface area contributed by atoms with E-state index in [2.05, 4.69) is 0 Å². The second-order valence-corrected chi connectivity index (χ2v) is 5.12. The van der Waals surface area contributed by atoms with Crippen molar-refractivity contribution in [2.24, 2.45) is 5.73 Å². The molecule has 2 aromatic carbocycles. The molecule has 2 N–H and O–H groups in total. The molecule has 0 radical (unpaired) electrons. The molecule has 0 saturated carbocycles. The summed E-state index contributed by atoms with van der Waals surface area (Å²) in [6.45, 7) is 0.467. The maximum Gasteiger partial charge on any atom is 0.258 e. The zero-order chi connectivity index (χ0) is 15.5. The number of amides is 2. The van der Waals surface area contributed by atoms with Crippen molar-refractivity contribution in [2.75, 3.05) is 18.1 Å². The van der Waals surface area contributed by atoms with E-state index in [1.165, 1.54) is 5.56 Å². The van der Waals surface area contributed by atoms with Gasteiger partial charge in [0.05, 0.1) is 0 Å². The molecule has 2 amide bonds. The van der Waals surface area contributed by atoms with Crippen LogP contribution in [0.2, 0.25) is 0 Å². The Labute approximate surface area is 128 Å². The SMILES string of the molecule is NC(=O)COc1cccc(C(=O)N2CCc3ccccc32)c1. The van der Waals surface area contributed by atoms with Crippen LogP contribution in [0, 0.1) is 0 Å². The van der Waals surface area contributed by atoms with E-state index in [0.29, 0.717) is 17.9 Å². The number of primary amides is 1. The van der Waals surface area contributed by atoms with E-state index in [-0.39, 0.29) is 12.5 Å². The second-order valence-electron chi connectivity index (χ2n) is 5.12. The number of hydrogen-bond donors (Lipinski definition) is 1. The summed E-state index contributed by atoms with van der Waals surface area (Å²) < 4.78 is 5.25. The van der Waals surface area contributed by atoms with Crippen molar-refractivity contribution in [1.82, 2.24) is 0 Å². The third-order valence-corrected chi connectivity index (χ3v) is 3.59. The molecule has 0 spiro atoms. The fraction of sp³-hybridized carbons (Fsp3) is 0.176. The molecule has 0 fully saturated rings. The number of rotatable bonds is 4. The van der Waals surface area contributed by atoms with Crippen LogP contribution in [0.4, 0.5) is 5.69 Å². The molecule has 0 unspecified atom stereocenters.